The number of aromatic nitrogens is 2. The van der Waals surface area contributed by atoms with Crippen LogP contribution in [0, 0.1) is 5.82 Å². The van der Waals surface area contributed by atoms with Crippen molar-refractivity contribution in [3.05, 3.63) is 36.0 Å². The van der Waals surface area contributed by atoms with Gasteiger partial charge in [0, 0.05) is 5.75 Å². The van der Waals surface area contributed by atoms with Crippen molar-refractivity contribution in [2.75, 3.05) is 12.4 Å². The summed E-state index contributed by atoms with van der Waals surface area (Å²) in [6, 6.07) is 6.27. The van der Waals surface area contributed by atoms with Crippen molar-refractivity contribution in [3.8, 4) is 5.75 Å². The van der Waals surface area contributed by atoms with E-state index in [-0.39, 0.29) is 18.1 Å². The summed E-state index contributed by atoms with van der Waals surface area (Å²) in [6.45, 7) is 0.575. The highest BCUT2D eigenvalue weighted by molar-refractivity contribution is 7.99. The number of hydrogen-bond donors (Lipinski definition) is 1. The molecule has 1 heterocycles. The molecule has 2 aromatic rings. The number of nitrogens with two attached hydrogens (primary N) is 1. The lowest BCUT2D eigenvalue weighted by Crippen LogP contribution is -2.01. The maximum absolute atomic E-state index is 13.2. The predicted molar refractivity (Wildman–Crippen MR) is 64.8 cm³/mol. The minimum Gasteiger partial charge on any atom is -0.490 e. The molecule has 1 aromatic heterocycles. The molecule has 0 radical (unpaired) electrons. The molecule has 0 fully saturated rings. The lowest BCUT2D eigenvalue weighted by atomic mass is 10.3. The summed E-state index contributed by atoms with van der Waals surface area (Å²) in [5.74, 6) is 0.852. The van der Waals surface area contributed by atoms with Crippen molar-refractivity contribution in [1.82, 2.24) is 10.2 Å². The zero-order valence-corrected chi connectivity index (χ0v) is 10.3. The minimum absolute atomic E-state index is 0.222. The van der Waals surface area contributed by atoms with Crippen LogP contribution in [0.5, 0.6) is 5.75 Å². The lowest BCUT2D eigenvalue weighted by molar-refractivity contribution is 0.324. The minimum atomic E-state index is -0.370. The van der Waals surface area contributed by atoms with E-state index in [2.05, 4.69) is 10.2 Å². The van der Waals surface area contributed by atoms with E-state index in [9.17, 15) is 4.39 Å². The molecular weight excluding hydrogens is 257 g/mol. The van der Waals surface area contributed by atoms with Gasteiger partial charge in [-0.2, -0.15) is 0 Å². The Hall–Kier alpha value is -1.60. The van der Waals surface area contributed by atoms with Gasteiger partial charge in [-0.1, -0.05) is 23.9 Å². The molecule has 96 valence electrons. The normalized spacial score (nSPS) is 10.6. The van der Waals surface area contributed by atoms with Gasteiger partial charge in [0.2, 0.25) is 5.89 Å². The molecule has 18 heavy (non-hydrogen) atoms. The van der Waals surface area contributed by atoms with Crippen molar-refractivity contribution < 1.29 is 13.5 Å². The monoisotopic (exact) mass is 269 g/mol. The molecule has 0 saturated carbocycles. The fraction of sp³-hybridized carbons (Fsp3) is 0.273. The molecule has 0 amide bonds. The van der Waals surface area contributed by atoms with E-state index >= 15 is 0 Å². The largest absolute Gasteiger partial charge is 0.490 e. The molecule has 1 aromatic carbocycles. The quantitative estimate of drug-likeness (QED) is 0.637. The fourth-order valence-corrected chi connectivity index (χ4v) is 1.82. The standard InChI is InChI=1S/C11H12FN3O2S/c12-8-3-1-2-4-9(8)16-5-6-18-11-15-14-10(7-13)17-11/h1-4H,5-7,13H2. The second-order valence-electron chi connectivity index (χ2n) is 3.29. The highest BCUT2D eigenvalue weighted by atomic mass is 32.2. The summed E-state index contributed by atoms with van der Waals surface area (Å²) in [5.41, 5.74) is 5.34. The van der Waals surface area contributed by atoms with Crippen LogP contribution in [-0.2, 0) is 6.54 Å². The maximum Gasteiger partial charge on any atom is 0.276 e. The first-order valence-corrected chi connectivity index (χ1v) is 6.30. The third-order valence-electron chi connectivity index (χ3n) is 2.03. The van der Waals surface area contributed by atoms with Gasteiger partial charge in [0.25, 0.3) is 5.22 Å². The number of rotatable bonds is 6. The van der Waals surface area contributed by atoms with Crippen LogP contribution in [-0.4, -0.2) is 22.6 Å². The van der Waals surface area contributed by atoms with E-state index in [4.69, 9.17) is 14.9 Å². The van der Waals surface area contributed by atoms with Gasteiger partial charge in [-0.3, -0.25) is 0 Å². The van der Waals surface area contributed by atoms with Crippen LogP contribution in [0.3, 0.4) is 0 Å². The van der Waals surface area contributed by atoms with Gasteiger partial charge < -0.3 is 14.9 Å². The van der Waals surface area contributed by atoms with E-state index in [1.807, 2.05) is 0 Å². The predicted octanol–water partition coefficient (Wildman–Crippen LogP) is 1.84. The van der Waals surface area contributed by atoms with Crippen molar-refractivity contribution in [2.24, 2.45) is 5.73 Å². The average molecular weight is 269 g/mol. The highest BCUT2D eigenvalue weighted by Crippen LogP contribution is 2.18. The van der Waals surface area contributed by atoms with Crippen LogP contribution in [0.1, 0.15) is 5.89 Å². The van der Waals surface area contributed by atoms with Gasteiger partial charge in [0.1, 0.15) is 0 Å². The number of halogens is 1. The Bertz CT molecular complexity index is 507. The zero-order valence-electron chi connectivity index (χ0n) is 9.51. The Morgan fingerprint density at radius 2 is 2.17 bits per heavy atom. The Labute approximate surface area is 108 Å². The Morgan fingerprint density at radius 1 is 1.33 bits per heavy atom. The van der Waals surface area contributed by atoms with Crippen LogP contribution in [0.15, 0.2) is 33.9 Å². The van der Waals surface area contributed by atoms with Crippen molar-refractivity contribution in [3.63, 3.8) is 0 Å². The molecule has 0 saturated heterocycles. The summed E-state index contributed by atoms with van der Waals surface area (Å²) in [6.07, 6.45) is 0. The number of ether oxygens (including phenoxy) is 1. The third kappa shape index (κ3) is 3.44. The van der Waals surface area contributed by atoms with Crippen molar-refractivity contribution in [1.29, 1.82) is 0 Å². The number of benzene rings is 1. The van der Waals surface area contributed by atoms with Crippen LogP contribution in [0.25, 0.3) is 0 Å². The first kappa shape index (κ1) is 12.8. The number of para-hydroxylation sites is 1. The van der Waals surface area contributed by atoms with Crippen molar-refractivity contribution >= 4 is 11.8 Å². The molecule has 0 atom stereocenters. The fourth-order valence-electron chi connectivity index (χ4n) is 1.22. The van der Waals surface area contributed by atoms with Crippen LogP contribution in [0.2, 0.25) is 0 Å². The van der Waals surface area contributed by atoms with Crippen molar-refractivity contribution in [2.45, 2.75) is 11.8 Å². The summed E-state index contributed by atoms with van der Waals surface area (Å²) in [4.78, 5) is 0. The van der Waals surface area contributed by atoms with Crippen LogP contribution < -0.4 is 10.5 Å². The summed E-state index contributed by atoms with van der Waals surface area (Å²) in [5, 5.41) is 7.95. The first-order chi connectivity index (χ1) is 8.79. The van der Waals surface area contributed by atoms with Gasteiger partial charge >= 0.3 is 0 Å². The van der Waals surface area contributed by atoms with E-state index in [1.165, 1.54) is 17.8 Å². The molecule has 0 unspecified atom stereocenters. The second kappa shape index (κ2) is 6.36. The van der Waals surface area contributed by atoms with E-state index in [0.29, 0.717) is 23.5 Å². The van der Waals surface area contributed by atoms with E-state index in [0.717, 1.165) is 0 Å². The first-order valence-electron chi connectivity index (χ1n) is 5.32. The van der Waals surface area contributed by atoms with E-state index < -0.39 is 0 Å². The Kier molecular flexibility index (Phi) is 4.54. The number of thioether (sulfide) groups is 1. The molecule has 0 aliphatic rings. The van der Waals surface area contributed by atoms with Gasteiger partial charge in [0.15, 0.2) is 11.6 Å². The molecule has 2 rings (SSSR count). The van der Waals surface area contributed by atoms with Gasteiger partial charge in [0.05, 0.1) is 13.2 Å². The third-order valence-corrected chi connectivity index (χ3v) is 2.81. The number of hydrogen-bond acceptors (Lipinski definition) is 6. The summed E-state index contributed by atoms with van der Waals surface area (Å²) >= 11 is 1.34. The number of nitrogens with zero attached hydrogens (tertiary/aromatic N) is 2. The van der Waals surface area contributed by atoms with Crippen LogP contribution >= 0.6 is 11.8 Å². The Morgan fingerprint density at radius 3 is 2.89 bits per heavy atom. The second-order valence-corrected chi connectivity index (χ2v) is 4.34. The summed E-state index contributed by atoms with van der Waals surface area (Å²) in [7, 11) is 0. The SMILES string of the molecule is NCc1nnc(SCCOc2ccccc2F)o1. The molecular formula is C11H12FN3O2S. The molecule has 2 N–H and O–H groups in total. The smallest absolute Gasteiger partial charge is 0.276 e. The molecule has 0 spiro atoms. The molecule has 5 nitrogen and oxygen atoms in total. The van der Waals surface area contributed by atoms with Gasteiger partial charge in [-0.05, 0) is 12.1 Å². The average Bonchev–Trinajstić information content (AvgIpc) is 2.84. The van der Waals surface area contributed by atoms with Crippen LogP contribution in [0.4, 0.5) is 4.39 Å². The Balaban J connectivity index is 1.74. The topological polar surface area (TPSA) is 74.2 Å². The zero-order chi connectivity index (χ0) is 12.8. The summed E-state index contributed by atoms with van der Waals surface area (Å²) < 4.78 is 23.7. The molecule has 7 heteroatoms. The van der Waals surface area contributed by atoms with E-state index in [1.54, 1.807) is 18.2 Å². The maximum atomic E-state index is 13.2. The van der Waals surface area contributed by atoms with Gasteiger partial charge in [-0.15, -0.1) is 10.2 Å². The van der Waals surface area contributed by atoms with Gasteiger partial charge in [-0.25, -0.2) is 4.39 Å². The molecule has 0 aliphatic heterocycles. The lowest BCUT2D eigenvalue weighted by Gasteiger charge is -2.05. The molecule has 0 aliphatic carbocycles. The molecule has 0 bridgehead atoms. The highest BCUT2D eigenvalue weighted by Gasteiger charge is 2.05.